The number of fused-ring (bicyclic) bond motifs is 6. The number of esters is 1. The van der Waals surface area contributed by atoms with Gasteiger partial charge in [-0.3, -0.25) is 9.59 Å². The molecule has 0 spiro atoms. The number of cyclic esters (lactones) is 1. The van der Waals surface area contributed by atoms with E-state index >= 15 is 0 Å². The molecule has 1 unspecified atom stereocenters. The Bertz CT molecular complexity index is 1360. The molecule has 158 valence electrons. The van der Waals surface area contributed by atoms with E-state index in [4.69, 9.17) is 24.9 Å². The van der Waals surface area contributed by atoms with Crippen molar-refractivity contribution in [1.29, 1.82) is 0 Å². The van der Waals surface area contributed by atoms with Gasteiger partial charge in [0.25, 0.3) is 5.56 Å². The van der Waals surface area contributed by atoms with E-state index in [1.54, 1.807) is 4.57 Å². The van der Waals surface area contributed by atoms with Crippen molar-refractivity contribution in [2.75, 3.05) is 13.2 Å². The Kier molecular flexibility index (Phi) is 14.8. The van der Waals surface area contributed by atoms with E-state index in [-0.39, 0.29) is 257 Å². The van der Waals surface area contributed by atoms with E-state index in [0.717, 1.165) is 16.7 Å². The van der Waals surface area contributed by atoms with Crippen LogP contribution >= 0.6 is 0 Å². The maximum atomic E-state index is 13.3. The molecule has 35 heavy (non-hydrogen) atoms. The van der Waals surface area contributed by atoms with Crippen LogP contribution in [0.5, 0.6) is 11.5 Å². The monoisotopic (exact) mass is 756 g/mol. The molecular formula is C23H18N3O5Rb4+. The van der Waals surface area contributed by atoms with E-state index in [9.17, 15) is 9.59 Å². The van der Waals surface area contributed by atoms with Crippen LogP contribution in [0.15, 0.2) is 10.9 Å². The first-order chi connectivity index (χ1) is 15.1. The number of aromatic nitrogens is 2. The van der Waals surface area contributed by atoms with Crippen molar-refractivity contribution in [3.05, 3.63) is 56.5 Å². The third-order valence-electron chi connectivity index (χ3n) is 6.26. The number of ether oxygens (including phenoxy) is 3. The van der Waals surface area contributed by atoms with Crippen LogP contribution in [0.4, 0.5) is 0 Å². The molecular weight excluding hydrogens is 740 g/mol. The van der Waals surface area contributed by atoms with Gasteiger partial charge in [-0.1, -0.05) is 12.5 Å². The number of carbonyl (C=O) groups excluding carboxylic acids is 1. The molecule has 3 aromatic rings. The van der Waals surface area contributed by atoms with Gasteiger partial charge in [0, 0.05) is 6.54 Å². The summed E-state index contributed by atoms with van der Waals surface area (Å²) < 4.78 is 18.2. The van der Waals surface area contributed by atoms with Gasteiger partial charge in [0.1, 0.15) is 19.8 Å². The van der Waals surface area contributed by atoms with Crippen LogP contribution in [0.25, 0.3) is 28.0 Å². The average Bonchev–Trinajstić information content (AvgIpc) is 3.14. The van der Waals surface area contributed by atoms with Gasteiger partial charge in [-0.2, -0.15) is 12.1 Å². The Hall–Kier alpha value is 3.83. The first kappa shape index (κ1) is 35.0. The first-order valence-electron chi connectivity index (χ1n) is 10.3. The minimum atomic E-state index is -0.458. The molecule has 6 rings (SSSR count). The second-order valence-corrected chi connectivity index (χ2v) is 7.85. The smallest absolute Gasteiger partial charge is 0.682 e. The molecule has 0 saturated heterocycles. The number of hydrogen-bond acceptors (Lipinski definition) is 6. The molecule has 3 aliphatic heterocycles. The molecule has 1 aromatic carbocycles. The van der Waals surface area contributed by atoms with E-state index < -0.39 is 5.92 Å². The van der Waals surface area contributed by atoms with Gasteiger partial charge in [-0.15, -0.1) is 5.52 Å². The molecule has 0 saturated carbocycles. The molecule has 1 N–H and O–H groups in total. The molecule has 0 fully saturated rings. The van der Waals surface area contributed by atoms with Crippen LogP contribution in [-0.2, 0) is 29.2 Å². The summed E-state index contributed by atoms with van der Waals surface area (Å²) in [7, 11) is 0. The largest absolute Gasteiger partial charge is 1.00 e. The summed E-state index contributed by atoms with van der Waals surface area (Å²) in [6.45, 7) is 3.08. The van der Waals surface area contributed by atoms with Crippen LogP contribution in [0.1, 0.15) is 41.5 Å². The number of carbonyl (C=O) groups is 1. The molecule has 12 heteroatoms. The second-order valence-electron chi connectivity index (χ2n) is 7.85. The average molecular weight is 758 g/mol. The van der Waals surface area contributed by atoms with Crippen molar-refractivity contribution < 1.29 is 252 Å². The molecule has 3 aliphatic rings. The zero-order valence-corrected chi connectivity index (χ0v) is 40.5. The zero-order valence-electron chi connectivity index (χ0n) is 20.8. The Labute approximate surface area is 398 Å². The van der Waals surface area contributed by atoms with Crippen molar-refractivity contribution in [2.45, 2.75) is 39.0 Å². The fraction of sp³-hybridized carbons (Fsp3) is 0.348. The quantitative estimate of drug-likeness (QED) is 0.149. The summed E-state index contributed by atoms with van der Waals surface area (Å²) >= 11 is 0. The summed E-state index contributed by atoms with van der Waals surface area (Å²) in [5, 5.41) is 0.661. The maximum Gasteiger partial charge on any atom is 1.00 e. The molecule has 2 aromatic heterocycles. The van der Waals surface area contributed by atoms with Gasteiger partial charge in [-0.05, 0) is 29.5 Å². The van der Waals surface area contributed by atoms with Crippen molar-refractivity contribution in [3.63, 3.8) is 0 Å². The van der Waals surface area contributed by atoms with Gasteiger partial charge in [0.2, 0.25) is 0 Å². The van der Waals surface area contributed by atoms with Gasteiger partial charge >= 0.3 is 239 Å². The zero-order chi connectivity index (χ0) is 21.3. The van der Waals surface area contributed by atoms with E-state index in [1.165, 1.54) is 0 Å². The Morgan fingerprint density at radius 1 is 1.06 bits per heavy atom. The van der Waals surface area contributed by atoms with Crippen LogP contribution in [0.2, 0.25) is 0 Å². The standard InChI is InChI=1S/C23H18N3O5.4Rb/c1-2-11-12-5-18-21-15(9-26(18)22(27)16(12)10-31-23(11)28)14(8-24)13-6-19-20(7-17(13)25-21)30-4-3-29-19;;;;/h5,11,24H,2-4,8-10H2,1H3;;;;/q-3;4*+1. The summed E-state index contributed by atoms with van der Waals surface area (Å²) in [6.07, 6.45) is 0.552. The Morgan fingerprint density at radius 3 is 2.40 bits per heavy atom. The molecule has 0 aliphatic carbocycles. The van der Waals surface area contributed by atoms with Crippen LogP contribution in [0.3, 0.4) is 0 Å². The fourth-order valence-corrected chi connectivity index (χ4v) is 4.73. The Balaban J connectivity index is 0.00000108. The van der Waals surface area contributed by atoms with E-state index in [2.05, 4.69) is 12.1 Å². The van der Waals surface area contributed by atoms with E-state index in [0.29, 0.717) is 65.5 Å². The van der Waals surface area contributed by atoms with Crippen molar-refractivity contribution in [1.82, 2.24) is 9.55 Å². The number of nitrogens with zero attached hydrogens (tertiary/aromatic N) is 2. The predicted octanol–water partition coefficient (Wildman–Crippen LogP) is -9.08. The SMILES string of the molecule is CCC1C(=O)OCc2c1cc1n(c2=O)Cc2c-1nc1[c-]c3c([c-]c1c2C[NH-])OCCO3.[Rb+].[Rb+].[Rb+].[Rb+]. The first-order valence-corrected chi connectivity index (χ1v) is 10.3. The minimum absolute atomic E-state index is 0. The van der Waals surface area contributed by atoms with Gasteiger partial charge in [0.15, 0.2) is 0 Å². The summed E-state index contributed by atoms with van der Waals surface area (Å²) in [5.41, 5.74) is 12.6. The maximum absolute atomic E-state index is 13.3. The number of pyridine rings is 2. The van der Waals surface area contributed by atoms with Gasteiger partial charge in [-0.25, -0.2) is 17.5 Å². The third-order valence-corrected chi connectivity index (χ3v) is 6.26. The van der Waals surface area contributed by atoms with Crippen molar-refractivity contribution >= 4 is 16.9 Å². The fourth-order valence-electron chi connectivity index (χ4n) is 4.73. The normalized spacial score (nSPS) is 16.3. The Morgan fingerprint density at radius 2 is 1.74 bits per heavy atom. The summed E-state index contributed by atoms with van der Waals surface area (Å²) in [4.78, 5) is 30.3. The summed E-state index contributed by atoms with van der Waals surface area (Å²) in [6, 6.07) is 8.25. The van der Waals surface area contributed by atoms with Crippen molar-refractivity contribution in [3.8, 4) is 22.9 Å². The molecule has 0 bridgehead atoms. The number of benzene rings is 1. The van der Waals surface area contributed by atoms with Crippen molar-refractivity contribution in [2.24, 2.45) is 0 Å². The predicted molar refractivity (Wildman–Crippen MR) is 110 cm³/mol. The van der Waals surface area contributed by atoms with Gasteiger partial charge in [0.05, 0.1) is 22.9 Å². The minimum Gasteiger partial charge on any atom is -0.682 e. The molecule has 0 amide bonds. The third kappa shape index (κ3) is 6.30. The number of nitrogens with one attached hydrogen (secondary N) is 1. The van der Waals surface area contributed by atoms with E-state index in [1.807, 2.05) is 13.0 Å². The molecule has 1 atom stereocenters. The number of rotatable bonds is 2. The topological polar surface area (TPSA) is 103 Å². The number of hydrogen-bond donors (Lipinski definition) is 0. The van der Waals surface area contributed by atoms with Crippen LogP contribution in [-0.4, -0.2) is 28.7 Å². The van der Waals surface area contributed by atoms with Crippen LogP contribution < -0.4 is 248 Å². The van der Waals surface area contributed by atoms with Crippen LogP contribution in [0, 0.1) is 12.1 Å². The molecule has 0 radical (unpaired) electrons. The van der Waals surface area contributed by atoms with Gasteiger partial charge < -0.3 is 29.5 Å². The molecule has 5 heterocycles. The second kappa shape index (κ2) is 14.8. The molecule has 8 nitrogen and oxygen atoms in total. The summed E-state index contributed by atoms with van der Waals surface area (Å²) in [5.74, 6) is 0.166.